The Morgan fingerprint density at radius 2 is 2.12 bits per heavy atom. The number of nitrogens with zero attached hydrogens (tertiary/aromatic N) is 3. The first-order valence-electron chi connectivity index (χ1n) is 8.54. The van der Waals surface area contributed by atoms with Crippen molar-refractivity contribution in [3.8, 4) is 11.3 Å². The molecule has 0 aromatic carbocycles. The lowest BCUT2D eigenvalue weighted by molar-refractivity contribution is 0.0704. The van der Waals surface area contributed by atoms with E-state index in [1.807, 2.05) is 21.7 Å². The number of aromatic amines is 1. The normalized spacial score (nSPS) is 17.2. The van der Waals surface area contributed by atoms with E-state index in [1.54, 1.807) is 35.9 Å². The lowest BCUT2D eigenvalue weighted by Gasteiger charge is -2.32. The van der Waals surface area contributed by atoms with Crippen molar-refractivity contribution in [2.75, 3.05) is 13.1 Å². The van der Waals surface area contributed by atoms with Gasteiger partial charge in [0.1, 0.15) is 5.82 Å². The Morgan fingerprint density at radius 3 is 2.88 bits per heavy atom. The van der Waals surface area contributed by atoms with Gasteiger partial charge in [-0.3, -0.25) is 14.6 Å². The highest BCUT2D eigenvalue weighted by Gasteiger charge is 2.27. The molecule has 1 saturated heterocycles. The SMILES string of the molecule is O=C(c1ccncc1)N1CCC[C@@H](c2nc(-c3ccsc3)cc(=O)[nH]2)C1. The van der Waals surface area contributed by atoms with Crippen molar-refractivity contribution in [2.45, 2.75) is 18.8 Å². The summed E-state index contributed by atoms with van der Waals surface area (Å²) in [6, 6.07) is 6.93. The molecule has 4 heterocycles. The van der Waals surface area contributed by atoms with E-state index < -0.39 is 0 Å². The second kappa shape index (κ2) is 7.21. The second-order valence-corrected chi connectivity index (χ2v) is 7.13. The van der Waals surface area contributed by atoms with Crippen LogP contribution in [0.3, 0.4) is 0 Å². The van der Waals surface area contributed by atoms with Gasteiger partial charge >= 0.3 is 0 Å². The van der Waals surface area contributed by atoms with E-state index in [1.165, 1.54) is 6.07 Å². The molecule has 26 heavy (non-hydrogen) atoms. The summed E-state index contributed by atoms with van der Waals surface area (Å²) in [7, 11) is 0. The van der Waals surface area contributed by atoms with Gasteiger partial charge < -0.3 is 9.88 Å². The number of piperidine rings is 1. The third-order valence-corrected chi connectivity index (χ3v) is 5.28. The molecule has 4 rings (SSSR count). The molecular weight excluding hydrogens is 348 g/mol. The maximum atomic E-state index is 12.7. The lowest BCUT2D eigenvalue weighted by Crippen LogP contribution is -2.39. The minimum Gasteiger partial charge on any atom is -0.338 e. The number of hydrogen-bond acceptors (Lipinski definition) is 5. The molecule has 1 N–H and O–H groups in total. The maximum absolute atomic E-state index is 12.7. The molecule has 6 nitrogen and oxygen atoms in total. The van der Waals surface area contributed by atoms with Gasteiger partial charge in [0.25, 0.3) is 11.5 Å². The van der Waals surface area contributed by atoms with Crippen LogP contribution < -0.4 is 5.56 Å². The number of pyridine rings is 1. The molecule has 0 unspecified atom stereocenters. The van der Waals surface area contributed by atoms with E-state index in [0.717, 1.165) is 18.4 Å². The predicted molar refractivity (Wildman–Crippen MR) is 100 cm³/mol. The summed E-state index contributed by atoms with van der Waals surface area (Å²) in [6.45, 7) is 1.27. The van der Waals surface area contributed by atoms with E-state index >= 15 is 0 Å². The molecular formula is C19H18N4O2S. The van der Waals surface area contributed by atoms with Gasteiger partial charge in [0.15, 0.2) is 0 Å². The fraction of sp³-hybridized carbons (Fsp3) is 0.263. The van der Waals surface area contributed by atoms with Crippen molar-refractivity contribution in [1.82, 2.24) is 19.9 Å². The van der Waals surface area contributed by atoms with Gasteiger partial charge in [-0.15, -0.1) is 0 Å². The summed E-state index contributed by atoms with van der Waals surface area (Å²) >= 11 is 1.57. The van der Waals surface area contributed by atoms with Crippen LogP contribution >= 0.6 is 11.3 Å². The van der Waals surface area contributed by atoms with Crippen LogP contribution in [0, 0.1) is 0 Å². The smallest absolute Gasteiger partial charge is 0.253 e. The molecule has 0 bridgehead atoms. The van der Waals surface area contributed by atoms with E-state index in [9.17, 15) is 9.59 Å². The Balaban J connectivity index is 1.58. The molecule has 1 fully saturated rings. The fourth-order valence-electron chi connectivity index (χ4n) is 3.29. The molecule has 0 aliphatic carbocycles. The predicted octanol–water partition coefficient (Wildman–Crippen LogP) is 2.91. The summed E-state index contributed by atoms with van der Waals surface area (Å²) in [5.41, 5.74) is 2.10. The van der Waals surface area contributed by atoms with Gasteiger partial charge in [-0.1, -0.05) is 0 Å². The topological polar surface area (TPSA) is 79.0 Å². The van der Waals surface area contributed by atoms with Gasteiger partial charge in [-0.2, -0.15) is 11.3 Å². The molecule has 0 saturated carbocycles. The average Bonchev–Trinajstić information content (AvgIpc) is 3.23. The Bertz CT molecular complexity index is 953. The van der Waals surface area contributed by atoms with Crippen molar-refractivity contribution in [1.29, 1.82) is 0 Å². The first-order valence-corrected chi connectivity index (χ1v) is 9.48. The number of likely N-dealkylation sites (tertiary alicyclic amines) is 1. The van der Waals surface area contributed by atoms with Crippen LogP contribution in [0.2, 0.25) is 0 Å². The molecule has 132 valence electrons. The number of nitrogens with one attached hydrogen (secondary N) is 1. The van der Waals surface area contributed by atoms with Gasteiger partial charge in [-0.25, -0.2) is 4.98 Å². The van der Waals surface area contributed by atoms with Crippen LogP contribution in [0.4, 0.5) is 0 Å². The second-order valence-electron chi connectivity index (χ2n) is 6.35. The molecule has 1 atom stereocenters. The highest BCUT2D eigenvalue weighted by atomic mass is 32.1. The third-order valence-electron chi connectivity index (χ3n) is 4.60. The standard InChI is InChI=1S/C19H18N4O2S/c24-17-10-16(15-5-9-26-12-15)21-18(22-17)14-2-1-8-23(11-14)19(25)13-3-6-20-7-4-13/h3-7,9-10,12,14H,1-2,8,11H2,(H,21,22,24)/t14-/m1/s1. The molecule has 7 heteroatoms. The van der Waals surface area contributed by atoms with E-state index in [4.69, 9.17) is 0 Å². The van der Waals surface area contributed by atoms with Crippen LogP contribution in [0.1, 0.15) is 34.9 Å². The number of H-pyrrole nitrogens is 1. The van der Waals surface area contributed by atoms with Crippen molar-refractivity contribution >= 4 is 17.2 Å². The fourth-order valence-corrected chi connectivity index (χ4v) is 3.94. The number of aromatic nitrogens is 3. The quantitative estimate of drug-likeness (QED) is 0.773. The summed E-state index contributed by atoms with van der Waals surface area (Å²) in [4.78, 5) is 38.1. The molecule has 1 aliphatic heterocycles. The summed E-state index contributed by atoms with van der Waals surface area (Å²) < 4.78 is 0. The molecule has 0 spiro atoms. The van der Waals surface area contributed by atoms with Crippen LogP contribution in [0.5, 0.6) is 0 Å². The number of carbonyl (C=O) groups is 1. The Morgan fingerprint density at radius 1 is 1.27 bits per heavy atom. The minimum absolute atomic E-state index is 0.00608. The van der Waals surface area contributed by atoms with Crippen LogP contribution in [0.25, 0.3) is 11.3 Å². The highest BCUT2D eigenvalue weighted by Crippen LogP contribution is 2.27. The van der Waals surface area contributed by atoms with Crippen molar-refractivity contribution in [3.05, 3.63) is 69.2 Å². The van der Waals surface area contributed by atoms with Crippen molar-refractivity contribution in [3.63, 3.8) is 0 Å². The lowest BCUT2D eigenvalue weighted by atomic mass is 9.96. The maximum Gasteiger partial charge on any atom is 0.253 e. The Labute approximate surface area is 154 Å². The van der Waals surface area contributed by atoms with Crippen molar-refractivity contribution in [2.24, 2.45) is 0 Å². The number of thiophene rings is 1. The van der Waals surface area contributed by atoms with Crippen LogP contribution in [-0.4, -0.2) is 38.8 Å². The van der Waals surface area contributed by atoms with E-state index in [2.05, 4.69) is 15.0 Å². The molecule has 1 amide bonds. The number of rotatable bonds is 3. The largest absolute Gasteiger partial charge is 0.338 e. The zero-order chi connectivity index (χ0) is 17.9. The number of hydrogen-bond donors (Lipinski definition) is 1. The zero-order valence-corrected chi connectivity index (χ0v) is 14.9. The number of amides is 1. The first kappa shape index (κ1) is 16.7. The van der Waals surface area contributed by atoms with Crippen LogP contribution in [-0.2, 0) is 0 Å². The van der Waals surface area contributed by atoms with E-state index in [0.29, 0.717) is 30.2 Å². The molecule has 0 radical (unpaired) electrons. The van der Waals surface area contributed by atoms with Crippen molar-refractivity contribution < 1.29 is 4.79 Å². The minimum atomic E-state index is -0.159. The van der Waals surface area contributed by atoms with Gasteiger partial charge in [0.2, 0.25) is 0 Å². The van der Waals surface area contributed by atoms with Crippen LogP contribution in [0.15, 0.2) is 52.2 Å². The molecule has 3 aromatic rings. The van der Waals surface area contributed by atoms with Gasteiger partial charge in [0.05, 0.1) is 5.69 Å². The number of carbonyl (C=O) groups excluding carboxylic acids is 1. The van der Waals surface area contributed by atoms with E-state index in [-0.39, 0.29) is 17.4 Å². The third kappa shape index (κ3) is 3.43. The van der Waals surface area contributed by atoms with Gasteiger partial charge in [-0.05, 0) is 36.4 Å². The summed E-state index contributed by atoms with van der Waals surface area (Å²) in [5, 5.41) is 3.94. The molecule has 1 aliphatic rings. The zero-order valence-electron chi connectivity index (χ0n) is 14.1. The molecule has 3 aromatic heterocycles. The first-order chi connectivity index (χ1) is 12.7. The summed E-state index contributed by atoms with van der Waals surface area (Å²) in [5.74, 6) is 0.681. The highest BCUT2D eigenvalue weighted by molar-refractivity contribution is 7.08. The summed E-state index contributed by atoms with van der Waals surface area (Å²) in [6.07, 6.45) is 5.03. The average molecular weight is 366 g/mol. The monoisotopic (exact) mass is 366 g/mol. The Hall–Kier alpha value is -2.80. The Kier molecular flexibility index (Phi) is 4.62. The van der Waals surface area contributed by atoms with Gasteiger partial charge in [0, 0.05) is 54.0 Å².